The van der Waals surface area contributed by atoms with Gasteiger partial charge in [0, 0.05) is 19.3 Å². The Morgan fingerprint density at radius 1 is 1.44 bits per heavy atom. The lowest BCUT2D eigenvalue weighted by Crippen LogP contribution is -2.06. The molecule has 2 rings (SSSR count). The van der Waals surface area contributed by atoms with Crippen LogP contribution in [0.15, 0.2) is 30.5 Å². The van der Waals surface area contributed by atoms with Crippen LogP contribution in [0.4, 0.5) is 5.69 Å². The Balaban J connectivity index is 2.18. The maximum absolute atomic E-state index is 9.05. The summed E-state index contributed by atoms with van der Waals surface area (Å²) in [5, 5.41) is 16.4. The van der Waals surface area contributed by atoms with Crippen molar-refractivity contribution in [1.29, 1.82) is 5.26 Å². The van der Waals surface area contributed by atoms with E-state index in [0.717, 1.165) is 17.1 Å². The molecule has 0 unspecified atom stereocenters. The zero-order valence-corrected chi connectivity index (χ0v) is 10.3. The first-order chi connectivity index (χ1) is 8.74. The second-order valence-electron chi connectivity index (χ2n) is 3.82. The standard InChI is InChI=1S/C13H14N4O/c1-17-11(5-6-16-17)9-15-13-7-12(18-2)4-3-10(13)8-14/h3-7,15H,9H2,1-2H3. The van der Waals surface area contributed by atoms with Crippen LogP contribution in [-0.2, 0) is 13.6 Å². The Morgan fingerprint density at radius 3 is 2.89 bits per heavy atom. The highest BCUT2D eigenvalue weighted by Crippen LogP contribution is 2.22. The molecule has 0 aliphatic carbocycles. The number of benzene rings is 1. The van der Waals surface area contributed by atoms with E-state index in [0.29, 0.717) is 12.1 Å². The minimum absolute atomic E-state index is 0.595. The first-order valence-electron chi connectivity index (χ1n) is 5.53. The van der Waals surface area contributed by atoms with E-state index in [1.54, 1.807) is 30.1 Å². The number of aromatic nitrogens is 2. The highest BCUT2D eigenvalue weighted by atomic mass is 16.5. The molecule has 0 fully saturated rings. The normalized spacial score (nSPS) is 9.83. The fraction of sp³-hybridized carbons (Fsp3) is 0.231. The molecule has 5 heteroatoms. The van der Waals surface area contributed by atoms with Crippen molar-refractivity contribution in [2.45, 2.75) is 6.54 Å². The summed E-state index contributed by atoms with van der Waals surface area (Å²) in [4.78, 5) is 0. The summed E-state index contributed by atoms with van der Waals surface area (Å²) in [6.07, 6.45) is 1.74. The molecule has 1 aromatic carbocycles. The van der Waals surface area contributed by atoms with Crippen molar-refractivity contribution < 1.29 is 4.74 Å². The van der Waals surface area contributed by atoms with Crippen LogP contribution >= 0.6 is 0 Å². The van der Waals surface area contributed by atoms with E-state index in [-0.39, 0.29) is 0 Å². The first kappa shape index (κ1) is 12.0. The average molecular weight is 242 g/mol. The first-order valence-corrected chi connectivity index (χ1v) is 5.53. The molecule has 0 radical (unpaired) electrons. The zero-order chi connectivity index (χ0) is 13.0. The van der Waals surface area contributed by atoms with Crippen molar-refractivity contribution in [3.05, 3.63) is 41.7 Å². The van der Waals surface area contributed by atoms with E-state index < -0.39 is 0 Å². The molecular formula is C13H14N4O. The lowest BCUT2D eigenvalue weighted by Gasteiger charge is -2.10. The smallest absolute Gasteiger partial charge is 0.121 e. The van der Waals surface area contributed by atoms with Crippen molar-refractivity contribution >= 4 is 5.69 Å². The molecule has 1 heterocycles. The van der Waals surface area contributed by atoms with Gasteiger partial charge in [-0.1, -0.05) is 0 Å². The molecule has 2 aromatic rings. The van der Waals surface area contributed by atoms with Crippen molar-refractivity contribution in [2.75, 3.05) is 12.4 Å². The number of anilines is 1. The van der Waals surface area contributed by atoms with E-state index in [2.05, 4.69) is 16.5 Å². The molecule has 1 N–H and O–H groups in total. The number of hydrogen-bond donors (Lipinski definition) is 1. The lowest BCUT2D eigenvalue weighted by molar-refractivity contribution is 0.415. The van der Waals surface area contributed by atoms with Crippen LogP contribution in [0.3, 0.4) is 0 Å². The lowest BCUT2D eigenvalue weighted by atomic mass is 10.2. The second-order valence-corrected chi connectivity index (χ2v) is 3.82. The number of nitriles is 1. The van der Waals surface area contributed by atoms with Gasteiger partial charge in [0.25, 0.3) is 0 Å². The van der Waals surface area contributed by atoms with Crippen LogP contribution in [0.1, 0.15) is 11.3 Å². The number of aryl methyl sites for hydroxylation is 1. The molecule has 0 aliphatic heterocycles. The Bertz CT molecular complexity index is 583. The predicted molar refractivity (Wildman–Crippen MR) is 68.2 cm³/mol. The van der Waals surface area contributed by atoms with Gasteiger partial charge in [-0.05, 0) is 18.2 Å². The summed E-state index contributed by atoms with van der Waals surface area (Å²) in [5.74, 6) is 0.724. The molecule has 0 saturated heterocycles. The molecule has 0 spiro atoms. The van der Waals surface area contributed by atoms with Crippen LogP contribution in [0.2, 0.25) is 0 Å². The minimum atomic E-state index is 0.595. The monoisotopic (exact) mass is 242 g/mol. The van der Waals surface area contributed by atoms with Gasteiger partial charge in [-0.3, -0.25) is 4.68 Å². The largest absolute Gasteiger partial charge is 0.497 e. The highest BCUT2D eigenvalue weighted by molar-refractivity contribution is 5.60. The van der Waals surface area contributed by atoms with E-state index in [1.165, 1.54) is 0 Å². The maximum atomic E-state index is 9.05. The Morgan fingerprint density at radius 2 is 2.28 bits per heavy atom. The quantitative estimate of drug-likeness (QED) is 0.889. The van der Waals surface area contributed by atoms with Crippen LogP contribution in [0.25, 0.3) is 0 Å². The number of rotatable bonds is 4. The summed E-state index contributed by atoms with van der Waals surface area (Å²) in [6.45, 7) is 0.609. The summed E-state index contributed by atoms with van der Waals surface area (Å²) >= 11 is 0. The maximum Gasteiger partial charge on any atom is 0.121 e. The van der Waals surface area contributed by atoms with Gasteiger partial charge in [-0.2, -0.15) is 10.4 Å². The van der Waals surface area contributed by atoms with Crippen LogP contribution < -0.4 is 10.1 Å². The number of ether oxygens (including phenoxy) is 1. The second kappa shape index (κ2) is 5.23. The Labute approximate surface area is 106 Å². The van der Waals surface area contributed by atoms with Crippen LogP contribution in [-0.4, -0.2) is 16.9 Å². The fourth-order valence-electron chi connectivity index (χ4n) is 1.65. The topological polar surface area (TPSA) is 62.9 Å². The molecule has 0 bridgehead atoms. The molecule has 92 valence electrons. The molecule has 18 heavy (non-hydrogen) atoms. The molecule has 5 nitrogen and oxygen atoms in total. The Hall–Kier alpha value is -2.48. The SMILES string of the molecule is COc1ccc(C#N)c(NCc2ccnn2C)c1. The third kappa shape index (κ3) is 2.43. The summed E-state index contributed by atoms with van der Waals surface area (Å²) in [6, 6.07) is 9.41. The third-order valence-corrected chi connectivity index (χ3v) is 2.73. The number of nitrogens with zero attached hydrogens (tertiary/aromatic N) is 3. The van der Waals surface area contributed by atoms with Gasteiger partial charge in [-0.15, -0.1) is 0 Å². The van der Waals surface area contributed by atoms with E-state index >= 15 is 0 Å². The molecule has 0 aliphatic rings. The van der Waals surface area contributed by atoms with Gasteiger partial charge in [0.1, 0.15) is 11.8 Å². The van der Waals surface area contributed by atoms with Gasteiger partial charge >= 0.3 is 0 Å². The molecule has 0 atom stereocenters. The van der Waals surface area contributed by atoms with Crippen molar-refractivity contribution in [3.63, 3.8) is 0 Å². The molecule has 0 saturated carbocycles. The molecular weight excluding hydrogens is 228 g/mol. The van der Waals surface area contributed by atoms with Crippen molar-refractivity contribution in [1.82, 2.24) is 9.78 Å². The van der Waals surface area contributed by atoms with Gasteiger partial charge in [0.2, 0.25) is 0 Å². The average Bonchev–Trinajstić information content (AvgIpc) is 2.81. The highest BCUT2D eigenvalue weighted by Gasteiger charge is 2.05. The van der Waals surface area contributed by atoms with E-state index in [4.69, 9.17) is 10.00 Å². The van der Waals surface area contributed by atoms with Gasteiger partial charge in [0.15, 0.2) is 0 Å². The summed E-state index contributed by atoms with van der Waals surface area (Å²) < 4.78 is 6.94. The minimum Gasteiger partial charge on any atom is -0.497 e. The van der Waals surface area contributed by atoms with E-state index in [1.807, 2.05) is 19.2 Å². The predicted octanol–water partition coefficient (Wildman–Crippen LogP) is 1.91. The molecule has 0 amide bonds. The number of hydrogen-bond acceptors (Lipinski definition) is 4. The van der Waals surface area contributed by atoms with Crippen LogP contribution in [0.5, 0.6) is 5.75 Å². The zero-order valence-electron chi connectivity index (χ0n) is 10.3. The third-order valence-electron chi connectivity index (χ3n) is 2.73. The Kier molecular flexibility index (Phi) is 3.49. The van der Waals surface area contributed by atoms with E-state index in [9.17, 15) is 0 Å². The number of nitrogens with one attached hydrogen (secondary N) is 1. The van der Waals surface area contributed by atoms with Gasteiger partial charge in [0.05, 0.1) is 30.6 Å². The summed E-state index contributed by atoms with van der Waals surface area (Å²) in [5.41, 5.74) is 2.40. The molecule has 1 aromatic heterocycles. The van der Waals surface area contributed by atoms with Gasteiger partial charge < -0.3 is 10.1 Å². The summed E-state index contributed by atoms with van der Waals surface area (Å²) in [7, 11) is 3.49. The fourth-order valence-corrected chi connectivity index (χ4v) is 1.65. The van der Waals surface area contributed by atoms with Crippen molar-refractivity contribution in [3.8, 4) is 11.8 Å². The van der Waals surface area contributed by atoms with Crippen LogP contribution in [0, 0.1) is 11.3 Å². The van der Waals surface area contributed by atoms with Crippen molar-refractivity contribution in [2.24, 2.45) is 7.05 Å². The number of methoxy groups -OCH3 is 1. The van der Waals surface area contributed by atoms with Gasteiger partial charge in [-0.25, -0.2) is 0 Å².